The van der Waals surface area contributed by atoms with E-state index in [0.29, 0.717) is 18.6 Å². The highest BCUT2D eigenvalue weighted by Crippen LogP contribution is 2.46. The van der Waals surface area contributed by atoms with Gasteiger partial charge in [0, 0.05) is 23.8 Å². The molecule has 2 aromatic rings. The average Bonchev–Trinajstić information content (AvgIpc) is 2.88. The molecule has 0 saturated heterocycles. The highest BCUT2D eigenvalue weighted by Gasteiger charge is 2.46. The molecule has 2 aliphatic rings. The van der Waals surface area contributed by atoms with E-state index < -0.39 is 0 Å². The summed E-state index contributed by atoms with van der Waals surface area (Å²) in [6.45, 7) is 0. The van der Waals surface area contributed by atoms with Crippen LogP contribution in [-0.4, -0.2) is 11.6 Å². The van der Waals surface area contributed by atoms with Crippen molar-refractivity contribution in [2.45, 2.75) is 44.9 Å². The number of benzene rings is 2. The van der Waals surface area contributed by atoms with E-state index in [2.05, 4.69) is 36.4 Å². The number of fused-ring (bicyclic) bond motifs is 1. The van der Waals surface area contributed by atoms with E-state index in [1.807, 2.05) is 12.1 Å². The van der Waals surface area contributed by atoms with Crippen LogP contribution in [0.4, 0.5) is 0 Å². The van der Waals surface area contributed by atoms with Gasteiger partial charge in [-0.1, -0.05) is 48.5 Å². The van der Waals surface area contributed by atoms with E-state index in [0.717, 1.165) is 37.7 Å². The molecule has 0 aromatic heterocycles. The molecule has 2 aliphatic carbocycles. The zero-order chi connectivity index (χ0) is 16.6. The van der Waals surface area contributed by atoms with Gasteiger partial charge in [0.1, 0.15) is 5.78 Å². The van der Waals surface area contributed by atoms with Crippen molar-refractivity contribution in [2.75, 3.05) is 0 Å². The molecule has 2 aromatic carbocycles. The highest BCUT2D eigenvalue weighted by atomic mass is 16.1. The second kappa shape index (κ2) is 6.01. The van der Waals surface area contributed by atoms with E-state index in [4.69, 9.17) is 0 Å². The van der Waals surface area contributed by atoms with Gasteiger partial charge in [-0.15, -0.1) is 0 Å². The SMILES string of the molecule is O=C1CCC2(CC1)Cc1cc(CCc3ccccc3)ccc1C2=O. The lowest BCUT2D eigenvalue weighted by atomic mass is 9.71. The summed E-state index contributed by atoms with van der Waals surface area (Å²) in [5, 5.41) is 0. The molecule has 1 saturated carbocycles. The minimum Gasteiger partial charge on any atom is -0.300 e. The Kier molecular flexibility index (Phi) is 3.84. The fourth-order valence-corrected chi connectivity index (χ4v) is 4.25. The fourth-order valence-electron chi connectivity index (χ4n) is 4.25. The Bertz CT molecular complexity index is 779. The Morgan fingerprint density at radius 3 is 2.29 bits per heavy atom. The zero-order valence-electron chi connectivity index (χ0n) is 13.9. The van der Waals surface area contributed by atoms with Crippen LogP contribution in [0.15, 0.2) is 48.5 Å². The van der Waals surface area contributed by atoms with Gasteiger partial charge in [0.2, 0.25) is 0 Å². The van der Waals surface area contributed by atoms with Gasteiger partial charge in [0.05, 0.1) is 0 Å². The third kappa shape index (κ3) is 2.71. The van der Waals surface area contributed by atoms with Crippen molar-refractivity contribution in [3.8, 4) is 0 Å². The van der Waals surface area contributed by atoms with E-state index in [-0.39, 0.29) is 11.2 Å². The highest BCUT2D eigenvalue weighted by molar-refractivity contribution is 6.05. The molecule has 1 fully saturated rings. The van der Waals surface area contributed by atoms with Crippen LogP contribution in [0.3, 0.4) is 0 Å². The van der Waals surface area contributed by atoms with Crippen LogP contribution in [0.2, 0.25) is 0 Å². The first-order chi connectivity index (χ1) is 11.7. The molecule has 0 bridgehead atoms. The second-order valence-corrected chi connectivity index (χ2v) is 7.30. The molecule has 4 rings (SSSR count). The first kappa shape index (κ1) is 15.3. The Hall–Kier alpha value is -2.22. The van der Waals surface area contributed by atoms with Gasteiger partial charge in [-0.05, 0) is 48.8 Å². The van der Waals surface area contributed by atoms with Gasteiger partial charge >= 0.3 is 0 Å². The second-order valence-electron chi connectivity index (χ2n) is 7.30. The van der Waals surface area contributed by atoms with Crippen molar-refractivity contribution in [1.82, 2.24) is 0 Å². The smallest absolute Gasteiger partial charge is 0.169 e. The molecule has 0 heterocycles. The lowest BCUT2D eigenvalue weighted by molar-refractivity contribution is -0.121. The van der Waals surface area contributed by atoms with E-state index in [1.54, 1.807) is 0 Å². The summed E-state index contributed by atoms with van der Waals surface area (Å²) >= 11 is 0. The normalized spacial score (nSPS) is 18.8. The quantitative estimate of drug-likeness (QED) is 0.843. The molecule has 2 heteroatoms. The van der Waals surface area contributed by atoms with E-state index >= 15 is 0 Å². The third-order valence-electron chi connectivity index (χ3n) is 5.73. The van der Waals surface area contributed by atoms with E-state index in [1.165, 1.54) is 16.7 Å². The van der Waals surface area contributed by atoms with Crippen LogP contribution < -0.4 is 0 Å². The summed E-state index contributed by atoms with van der Waals surface area (Å²) in [4.78, 5) is 24.4. The van der Waals surface area contributed by atoms with Crippen molar-refractivity contribution in [3.05, 3.63) is 70.8 Å². The number of ketones is 2. The number of Topliss-reactive ketones (excluding diaryl/α,β-unsaturated/α-hetero) is 2. The summed E-state index contributed by atoms with van der Waals surface area (Å²) in [6, 6.07) is 16.8. The lowest BCUT2D eigenvalue weighted by Gasteiger charge is -2.30. The molecule has 0 atom stereocenters. The number of carbonyl (C=O) groups is 2. The molecule has 1 spiro atoms. The summed E-state index contributed by atoms with van der Waals surface area (Å²) in [7, 11) is 0. The Balaban J connectivity index is 1.51. The van der Waals surface area contributed by atoms with Crippen LogP contribution in [0.5, 0.6) is 0 Å². The van der Waals surface area contributed by atoms with Crippen LogP contribution in [0.25, 0.3) is 0 Å². The van der Waals surface area contributed by atoms with Crippen LogP contribution in [0.1, 0.15) is 52.7 Å². The van der Waals surface area contributed by atoms with E-state index in [9.17, 15) is 9.59 Å². The van der Waals surface area contributed by atoms with Crippen LogP contribution in [0, 0.1) is 5.41 Å². The maximum Gasteiger partial charge on any atom is 0.169 e. The number of aryl methyl sites for hydroxylation is 2. The molecule has 0 N–H and O–H groups in total. The fraction of sp³-hybridized carbons (Fsp3) is 0.364. The molecule has 2 nitrogen and oxygen atoms in total. The Morgan fingerprint density at radius 1 is 0.833 bits per heavy atom. The van der Waals surface area contributed by atoms with Gasteiger partial charge < -0.3 is 0 Å². The van der Waals surface area contributed by atoms with Crippen molar-refractivity contribution in [3.63, 3.8) is 0 Å². The molecule has 0 amide bonds. The first-order valence-corrected chi connectivity index (χ1v) is 8.89. The molecule has 24 heavy (non-hydrogen) atoms. The van der Waals surface area contributed by atoms with Gasteiger partial charge in [-0.25, -0.2) is 0 Å². The third-order valence-corrected chi connectivity index (χ3v) is 5.73. The number of rotatable bonds is 3. The summed E-state index contributed by atoms with van der Waals surface area (Å²) < 4.78 is 0. The Labute approximate surface area is 142 Å². The maximum absolute atomic E-state index is 12.9. The molecular formula is C22H22O2. The predicted octanol–water partition coefficient (Wildman–Crippen LogP) is 4.34. The number of carbonyl (C=O) groups excluding carboxylic acids is 2. The average molecular weight is 318 g/mol. The van der Waals surface area contributed by atoms with Gasteiger partial charge in [0.25, 0.3) is 0 Å². The molecule has 122 valence electrons. The minimum absolute atomic E-state index is 0.277. The monoisotopic (exact) mass is 318 g/mol. The van der Waals surface area contributed by atoms with Crippen LogP contribution in [-0.2, 0) is 24.1 Å². The standard InChI is InChI=1S/C22H22O2/c23-19-10-12-22(13-11-19)15-18-14-17(8-9-20(18)21(22)24)7-6-16-4-2-1-3-5-16/h1-5,8-9,14H,6-7,10-13,15H2. The van der Waals surface area contributed by atoms with Gasteiger partial charge in [0.15, 0.2) is 5.78 Å². The van der Waals surface area contributed by atoms with Gasteiger partial charge in [-0.2, -0.15) is 0 Å². The molecule has 0 radical (unpaired) electrons. The first-order valence-electron chi connectivity index (χ1n) is 8.89. The minimum atomic E-state index is -0.283. The van der Waals surface area contributed by atoms with Crippen LogP contribution >= 0.6 is 0 Å². The van der Waals surface area contributed by atoms with Crippen molar-refractivity contribution < 1.29 is 9.59 Å². The van der Waals surface area contributed by atoms with Crippen molar-refractivity contribution >= 4 is 11.6 Å². The summed E-state index contributed by atoms with van der Waals surface area (Å²) in [5.41, 5.74) is 4.45. The molecule has 0 aliphatic heterocycles. The Morgan fingerprint density at radius 2 is 1.54 bits per heavy atom. The number of hydrogen-bond acceptors (Lipinski definition) is 2. The lowest BCUT2D eigenvalue weighted by Crippen LogP contribution is -2.33. The largest absolute Gasteiger partial charge is 0.300 e. The summed E-state index contributed by atoms with van der Waals surface area (Å²) in [6.07, 6.45) is 5.45. The topological polar surface area (TPSA) is 34.1 Å². The zero-order valence-corrected chi connectivity index (χ0v) is 13.9. The maximum atomic E-state index is 12.9. The predicted molar refractivity (Wildman–Crippen MR) is 94.2 cm³/mol. The van der Waals surface area contributed by atoms with Crippen molar-refractivity contribution in [1.29, 1.82) is 0 Å². The van der Waals surface area contributed by atoms with Gasteiger partial charge in [-0.3, -0.25) is 9.59 Å². The molecular weight excluding hydrogens is 296 g/mol. The number of hydrogen-bond donors (Lipinski definition) is 0. The van der Waals surface area contributed by atoms with Crippen molar-refractivity contribution in [2.24, 2.45) is 5.41 Å². The summed E-state index contributed by atoms with van der Waals surface area (Å²) in [5.74, 6) is 0.590. The molecule has 0 unspecified atom stereocenters.